The molecule has 0 aliphatic heterocycles. The number of nitrogens with zero attached hydrogens (tertiary/aromatic N) is 2. The molecule has 0 bridgehead atoms. The maximum absolute atomic E-state index is 13.3. The first kappa shape index (κ1) is 12.4. The average Bonchev–Trinajstić information content (AvgIpc) is 2.71. The van der Waals surface area contributed by atoms with Crippen LogP contribution in [0.15, 0.2) is 3.92 Å². The number of rotatable bonds is 1. The van der Waals surface area contributed by atoms with Crippen LogP contribution in [0.25, 0.3) is 10.6 Å². The van der Waals surface area contributed by atoms with Crippen LogP contribution in [0.2, 0.25) is 0 Å². The Hall–Kier alpha value is -1.09. The highest BCUT2D eigenvalue weighted by molar-refractivity contribution is 9.11. The van der Waals surface area contributed by atoms with E-state index in [0.29, 0.717) is 11.3 Å². The molecule has 2 aromatic rings. The third-order valence-electron chi connectivity index (χ3n) is 1.82. The molecule has 2 rings (SSSR count). The molecule has 1 aromatic heterocycles. The van der Waals surface area contributed by atoms with Gasteiger partial charge in [0.25, 0.3) is 0 Å². The van der Waals surface area contributed by atoms with Crippen molar-refractivity contribution in [2.24, 2.45) is 0 Å². The maximum atomic E-state index is 13.3. The van der Waals surface area contributed by atoms with Crippen LogP contribution < -0.4 is 0 Å². The van der Waals surface area contributed by atoms with Crippen molar-refractivity contribution >= 4 is 27.3 Å². The Balaban J connectivity index is 2.78. The zero-order valence-electron chi connectivity index (χ0n) is 7.57. The van der Waals surface area contributed by atoms with Crippen molar-refractivity contribution in [2.45, 2.75) is 0 Å². The fourth-order valence-electron chi connectivity index (χ4n) is 1.10. The van der Waals surface area contributed by atoms with Crippen LogP contribution in [-0.4, -0.2) is 10.2 Å². The van der Waals surface area contributed by atoms with Crippen molar-refractivity contribution in [3.8, 4) is 10.6 Å². The SMILES string of the molecule is Fc1c(F)c(F)c(-c2nnc(Br)s2)c(F)c1F. The summed E-state index contributed by atoms with van der Waals surface area (Å²) in [5.74, 6) is -10.1. The summed E-state index contributed by atoms with van der Waals surface area (Å²) in [6, 6.07) is 0. The van der Waals surface area contributed by atoms with Gasteiger partial charge in [-0.2, -0.15) is 0 Å². The van der Waals surface area contributed by atoms with E-state index in [1.165, 1.54) is 0 Å². The van der Waals surface area contributed by atoms with Crippen LogP contribution in [0, 0.1) is 29.1 Å². The largest absolute Gasteiger partial charge is 0.203 e. The van der Waals surface area contributed by atoms with Crippen LogP contribution in [-0.2, 0) is 0 Å². The topological polar surface area (TPSA) is 25.8 Å². The highest BCUT2D eigenvalue weighted by Crippen LogP contribution is 2.34. The first-order valence-corrected chi connectivity index (χ1v) is 5.55. The number of hydrogen-bond donors (Lipinski definition) is 0. The fourth-order valence-corrected chi connectivity index (χ4v) is 2.24. The summed E-state index contributed by atoms with van der Waals surface area (Å²) in [7, 11) is 0. The van der Waals surface area contributed by atoms with Crippen molar-refractivity contribution in [3.63, 3.8) is 0 Å². The van der Waals surface area contributed by atoms with Gasteiger partial charge >= 0.3 is 0 Å². The van der Waals surface area contributed by atoms with E-state index >= 15 is 0 Å². The predicted octanol–water partition coefficient (Wildman–Crippen LogP) is 3.66. The van der Waals surface area contributed by atoms with Gasteiger partial charge in [0, 0.05) is 0 Å². The van der Waals surface area contributed by atoms with Gasteiger partial charge in [-0.25, -0.2) is 22.0 Å². The van der Waals surface area contributed by atoms with Crippen molar-refractivity contribution in [1.29, 1.82) is 0 Å². The Bertz CT molecular complexity index is 571. The van der Waals surface area contributed by atoms with Crippen LogP contribution >= 0.6 is 27.3 Å². The summed E-state index contributed by atoms with van der Waals surface area (Å²) < 4.78 is 65.3. The minimum atomic E-state index is -2.20. The molecule has 0 N–H and O–H groups in total. The van der Waals surface area contributed by atoms with Crippen molar-refractivity contribution < 1.29 is 22.0 Å². The molecular weight excluding hydrogens is 331 g/mol. The summed E-state index contributed by atoms with van der Waals surface area (Å²) in [5.41, 5.74) is -1.08. The molecule has 0 amide bonds. The summed E-state index contributed by atoms with van der Waals surface area (Å²) >= 11 is 3.52. The lowest BCUT2D eigenvalue weighted by atomic mass is 10.2. The molecular formula is C8BrF5N2S. The van der Waals surface area contributed by atoms with Gasteiger partial charge in [0.15, 0.2) is 32.2 Å². The molecule has 0 aliphatic carbocycles. The van der Waals surface area contributed by atoms with Crippen LogP contribution in [0.5, 0.6) is 0 Å². The van der Waals surface area contributed by atoms with Crippen LogP contribution in [0.4, 0.5) is 22.0 Å². The predicted molar refractivity (Wildman–Crippen MR) is 52.8 cm³/mol. The van der Waals surface area contributed by atoms with Crippen molar-refractivity contribution in [1.82, 2.24) is 10.2 Å². The molecule has 0 unspecified atom stereocenters. The Morgan fingerprint density at radius 2 is 1.24 bits per heavy atom. The second kappa shape index (κ2) is 4.30. The van der Waals surface area contributed by atoms with Crippen molar-refractivity contribution in [2.75, 3.05) is 0 Å². The molecule has 2 nitrogen and oxygen atoms in total. The zero-order chi connectivity index (χ0) is 12.7. The van der Waals surface area contributed by atoms with E-state index in [0.717, 1.165) is 0 Å². The summed E-state index contributed by atoms with van der Waals surface area (Å²) in [6.07, 6.45) is 0. The van der Waals surface area contributed by atoms with Gasteiger partial charge in [-0.3, -0.25) is 0 Å². The van der Waals surface area contributed by atoms with Crippen molar-refractivity contribution in [3.05, 3.63) is 33.0 Å². The fraction of sp³-hybridized carbons (Fsp3) is 0. The minimum Gasteiger partial charge on any atom is -0.203 e. The van der Waals surface area contributed by atoms with Gasteiger partial charge in [-0.05, 0) is 15.9 Å². The van der Waals surface area contributed by atoms with Gasteiger partial charge < -0.3 is 0 Å². The summed E-state index contributed by atoms with van der Waals surface area (Å²) in [4.78, 5) is 0. The standard InChI is InChI=1S/C8BrF5N2S/c9-8-16-15-7(17-8)1-2(10)4(12)6(14)5(13)3(1)11. The molecule has 0 saturated heterocycles. The third kappa shape index (κ3) is 1.93. The second-order valence-electron chi connectivity index (χ2n) is 2.81. The number of hydrogen-bond acceptors (Lipinski definition) is 3. The summed E-state index contributed by atoms with van der Waals surface area (Å²) in [5, 5.41) is 6.28. The molecule has 0 fully saturated rings. The lowest BCUT2D eigenvalue weighted by Gasteiger charge is -2.04. The first-order valence-electron chi connectivity index (χ1n) is 3.94. The zero-order valence-corrected chi connectivity index (χ0v) is 9.97. The maximum Gasteiger partial charge on any atom is 0.200 e. The van der Waals surface area contributed by atoms with E-state index in [-0.39, 0.29) is 3.92 Å². The van der Waals surface area contributed by atoms with Gasteiger partial charge in [-0.15, -0.1) is 10.2 Å². The van der Waals surface area contributed by atoms with E-state index in [2.05, 4.69) is 26.1 Å². The Morgan fingerprint density at radius 3 is 1.65 bits per heavy atom. The molecule has 0 saturated carbocycles. The summed E-state index contributed by atoms with van der Waals surface area (Å²) in [6.45, 7) is 0. The lowest BCUT2D eigenvalue weighted by Crippen LogP contribution is -2.03. The van der Waals surface area contributed by atoms with Crippen LogP contribution in [0.1, 0.15) is 0 Å². The number of halogens is 6. The highest BCUT2D eigenvalue weighted by Gasteiger charge is 2.28. The molecule has 17 heavy (non-hydrogen) atoms. The molecule has 0 atom stereocenters. The third-order valence-corrected chi connectivity index (χ3v) is 3.20. The Morgan fingerprint density at radius 1 is 0.765 bits per heavy atom. The molecule has 90 valence electrons. The molecule has 9 heteroatoms. The molecule has 0 aliphatic rings. The highest BCUT2D eigenvalue weighted by atomic mass is 79.9. The van der Waals surface area contributed by atoms with Gasteiger partial charge in [0.1, 0.15) is 0 Å². The Kier molecular flexibility index (Phi) is 3.13. The smallest absolute Gasteiger partial charge is 0.200 e. The van der Waals surface area contributed by atoms with E-state index < -0.39 is 39.7 Å². The monoisotopic (exact) mass is 330 g/mol. The van der Waals surface area contributed by atoms with E-state index in [1.54, 1.807) is 0 Å². The lowest BCUT2D eigenvalue weighted by molar-refractivity contribution is 0.381. The van der Waals surface area contributed by atoms with E-state index in [9.17, 15) is 22.0 Å². The molecule has 1 heterocycles. The molecule has 0 radical (unpaired) electrons. The van der Waals surface area contributed by atoms with Crippen LogP contribution in [0.3, 0.4) is 0 Å². The first-order chi connectivity index (χ1) is 7.93. The normalized spacial score (nSPS) is 10.9. The number of aromatic nitrogens is 2. The van der Waals surface area contributed by atoms with Gasteiger partial charge in [-0.1, -0.05) is 11.3 Å². The van der Waals surface area contributed by atoms with E-state index in [1.807, 2.05) is 0 Å². The second-order valence-corrected chi connectivity index (χ2v) is 5.06. The average molecular weight is 331 g/mol. The minimum absolute atomic E-state index is 0.163. The number of benzene rings is 1. The van der Waals surface area contributed by atoms with Gasteiger partial charge in [0.2, 0.25) is 5.82 Å². The molecule has 0 spiro atoms. The molecule has 1 aromatic carbocycles. The van der Waals surface area contributed by atoms with E-state index in [4.69, 9.17) is 0 Å². The quantitative estimate of drug-likeness (QED) is 0.453. The van der Waals surface area contributed by atoms with Gasteiger partial charge in [0.05, 0.1) is 5.56 Å². The Labute approximate surface area is 103 Å².